The highest BCUT2D eigenvalue weighted by atomic mass is 32.1. The molecule has 3 aromatic heterocycles. The molecule has 242 valence electrons. The molecule has 2 atom stereocenters. The van der Waals surface area contributed by atoms with E-state index in [0.29, 0.717) is 0 Å². The van der Waals surface area contributed by atoms with Gasteiger partial charge in [0.25, 0.3) is 0 Å². The number of quaternary nitrogens is 1. The van der Waals surface area contributed by atoms with Gasteiger partial charge < -0.3 is 19.8 Å². The molecule has 0 saturated carbocycles. The lowest BCUT2D eigenvalue weighted by Crippen LogP contribution is -2.89. The molecule has 51 heavy (non-hydrogen) atoms. The van der Waals surface area contributed by atoms with Crippen LogP contribution in [0.25, 0.3) is 75.2 Å². The molecule has 0 aliphatic carbocycles. The van der Waals surface area contributed by atoms with E-state index >= 15 is 0 Å². The van der Waals surface area contributed by atoms with Gasteiger partial charge in [-0.15, -0.1) is 11.3 Å². The number of fused-ring (bicyclic) bond motifs is 9. The van der Waals surface area contributed by atoms with Gasteiger partial charge >= 0.3 is 0 Å². The Kier molecular flexibility index (Phi) is 6.29. The van der Waals surface area contributed by atoms with Crippen molar-refractivity contribution in [2.75, 3.05) is 0 Å². The van der Waals surface area contributed by atoms with Crippen molar-refractivity contribution in [3.05, 3.63) is 181 Å². The van der Waals surface area contributed by atoms with E-state index in [4.69, 9.17) is 0 Å². The zero-order chi connectivity index (χ0) is 33.5. The predicted molar refractivity (Wildman–Crippen MR) is 214 cm³/mol. The smallest absolute Gasteiger partial charge is 0.186 e. The van der Waals surface area contributed by atoms with Crippen LogP contribution in [0.15, 0.2) is 170 Å². The van der Waals surface area contributed by atoms with Crippen LogP contribution in [0.3, 0.4) is 0 Å². The van der Waals surface area contributed by atoms with Crippen molar-refractivity contribution in [3.63, 3.8) is 0 Å². The van der Waals surface area contributed by atoms with E-state index < -0.39 is 0 Å². The Hall–Kier alpha value is -6.14. The van der Waals surface area contributed by atoms with Gasteiger partial charge in [0, 0.05) is 70.4 Å². The summed E-state index contributed by atoms with van der Waals surface area (Å²) in [5, 5.41) is 13.9. The van der Waals surface area contributed by atoms with Crippen molar-refractivity contribution in [2.24, 2.45) is 0 Å². The summed E-state index contributed by atoms with van der Waals surface area (Å²) in [7, 11) is 0. The van der Waals surface area contributed by atoms with E-state index in [1.54, 1.807) is 0 Å². The number of para-hydroxylation sites is 3. The number of nitrogens with two attached hydrogens (primary N) is 1. The first-order valence-electron chi connectivity index (χ1n) is 17.6. The zero-order valence-electron chi connectivity index (χ0n) is 27.7. The molecule has 4 heterocycles. The average molecular weight is 674 g/mol. The van der Waals surface area contributed by atoms with E-state index in [9.17, 15) is 0 Å². The molecule has 4 nitrogen and oxygen atoms in total. The third-order valence-electron chi connectivity index (χ3n) is 10.7. The second-order valence-electron chi connectivity index (χ2n) is 13.6. The molecule has 0 amide bonds. The normalized spacial score (nSPS) is 16.2. The molecule has 0 saturated heterocycles. The number of rotatable bonds is 4. The second-order valence-corrected chi connectivity index (χ2v) is 14.6. The van der Waals surface area contributed by atoms with E-state index in [2.05, 4.69) is 190 Å². The summed E-state index contributed by atoms with van der Waals surface area (Å²) in [6, 6.07) is 58.0. The minimum absolute atomic E-state index is 0.0741. The highest BCUT2D eigenvalue weighted by Gasteiger charge is 2.26. The van der Waals surface area contributed by atoms with Crippen molar-refractivity contribution < 1.29 is 5.32 Å². The van der Waals surface area contributed by atoms with E-state index in [-0.39, 0.29) is 12.2 Å². The van der Waals surface area contributed by atoms with Crippen molar-refractivity contribution >= 4 is 75.1 Å². The van der Waals surface area contributed by atoms with E-state index in [1.165, 1.54) is 80.6 Å². The molecule has 2 unspecified atom stereocenters. The Morgan fingerprint density at radius 3 is 1.90 bits per heavy atom. The highest BCUT2D eigenvalue weighted by Crippen LogP contribution is 2.40. The van der Waals surface area contributed by atoms with Gasteiger partial charge in [-0.1, -0.05) is 103 Å². The van der Waals surface area contributed by atoms with Crippen molar-refractivity contribution in [1.29, 1.82) is 0 Å². The third kappa shape index (κ3) is 4.35. The lowest BCUT2D eigenvalue weighted by molar-refractivity contribution is -0.731. The largest absolute Gasteiger partial charge is 0.339 e. The first-order valence-corrected chi connectivity index (χ1v) is 18.4. The minimum Gasteiger partial charge on any atom is -0.339 e. The summed E-state index contributed by atoms with van der Waals surface area (Å²) in [6.07, 6.45) is 4.52. The van der Waals surface area contributed by atoms with Crippen LogP contribution in [-0.2, 0) is 0 Å². The standard InChI is InChI=1S/C46H32N4S/c1-2-13-30(14-3-1)49-40-21-7-4-16-32(40)37-27-38-33-17-5-8-22-41(33)50(43(38)28-42(37)49)31-15-10-12-29(26-31)46-47-25-24-39(48-46)36-20-11-19-35-34-18-6-9-23-44(34)51-45(35)36/h1-28,39,46-48H/p+1. The third-order valence-corrected chi connectivity index (χ3v) is 12.0. The summed E-state index contributed by atoms with van der Waals surface area (Å²) in [6.45, 7) is 0. The SMILES string of the molecule is C1=CC(c2cccc3c2sc2ccccc23)[NH2+]C(c2cccc(-n3c4ccccc4c4cc5c6ccccc6n(-c6ccccc6)c5cc43)c2)N1. The Morgan fingerprint density at radius 2 is 1.12 bits per heavy atom. The maximum atomic E-state index is 3.68. The molecular formula is C46H33N4S+. The Morgan fingerprint density at radius 1 is 0.490 bits per heavy atom. The number of thiophene rings is 1. The number of nitrogens with one attached hydrogen (secondary N) is 1. The Bertz CT molecular complexity index is 3000. The topological polar surface area (TPSA) is 38.5 Å². The van der Waals surface area contributed by atoms with Gasteiger partial charge in [-0.25, -0.2) is 0 Å². The highest BCUT2D eigenvalue weighted by molar-refractivity contribution is 7.26. The molecule has 0 fully saturated rings. The molecule has 0 spiro atoms. The van der Waals surface area contributed by atoms with Crippen molar-refractivity contribution in [1.82, 2.24) is 14.5 Å². The van der Waals surface area contributed by atoms with Gasteiger partial charge in [-0.2, -0.15) is 0 Å². The zero-order valence-corrected chi connectivity index (χ0v) is 28.5. The van der Waals surface area contributed by atoms with Gasteiger partial charge in [0.2, 0.25) is 0 Å². The molecule has 11 rings (SSSR count). The summed E-state index contributed by atoms with van der Waals surface area (Å²) < 4.78 is 7.58. The van der Waals surface area contributed by atoms with Gasteiger partial charge in [-0.05, 0) is 60.7 Å². The van der Waals surface area contributed by atoms with Crippen LogP contribution in [0.4, 0.5) is 0 Å². The quantitative estimate of drug-likeness (QED) is 0.192. The lowest BCUT2D eigenvalue weighted by atomic mass is 10.0. The minimum atomic E-state index is 0.0741. The van der Waals surface area contributed by atoms with Crippen LogP contribution in [0.5, 0.6) is 0 Å². The summed E-state index contributed by atoms with van der Waals surface area (Å²) in [4.78, 5) is 0. The van der Waals surface area contributed by atoms with Gasteiger partial charge in [-0.3, -0.25) is 0 Å². The van der Waals surface area contributed by atoms with Crippen LogP contribution >= 0.6 is 11.3 Å². The predicted octanol–water partition coefficient (Wildman–Crippen LogP) is 10.7. The summed E-state index contributed by atoms with van der Waals surface area (Å²) >= 11 is 1.90. The van der Waals surface area contributed by atoms with Gasteiger partial charge in [0.15, 0.2) is 6.17 Å². The molecular weight excluding hydrogens is 641 g/mol. The fourth-order valence-corrected chi connectivity index (χ4v) is 9.72. The maximum absolute atomic E-state index is 3.68. The number of nitrogens with zero attached hydrogens (tertiary/aromatic N) is 2. The molecule has 7 aromatic carbocycles. The molecule has 5 heteroatoms. The maximum Gasteiger partial charge on any atom is 0.186 e. The monoisotopic (exact) mass is 673 g/mol. The van der Waals surface area contributed by atoms with E-state index in [1.807, 2.05) is 11.3 Å². The van der Waals surface area contributed by atoms with E-state index in [0.717, 1.165) is 5.69 Å². The number of hydrogen-bond acceptors (Lipinski definition) is 2. The molecule has 1 aliphatic heterocycles. The molecule has 0 bridgehead atoms. The van der Waals surface area contributed by atoms with Crippen molar-refractivity contribution in [3.8, 4) is 11.4 Å². The Balaban J connectivity index is 1.06. The first kappa shape index (κ1) is 28.7. The number of aromatic nitrogens is 2. The van der Waals surface area contributed by atoms with Crippen LogP contribution in [0, 0.1) is 0 Å². The van der Waals surface area contributed by atoms with Gasteiger partial charge in [0.05, 0.1) is 22.1 Å². The molecule has 1 aliphatic rings. The second kappa shape index (κ2) is 11.2. The molecule has 0 radical (unpaired) electrons. The summed E-state index contributed by atoms with van der Waals surface area (Å²) in [5.41, 5.74) is 9.79. The summed E-state index contributed by atoms with van der Waals surface area (Å²) in [5.74, 6) is 0. The molecule has 3 N–H and O–H groups in total. The molecule has 10 aromatic rings. The fraction of sp³-hybridized carbons (Fsp3) is 0.0435. The Labute approximate surface area is 298 Å². The van der Waals surface area contributed by atoms with Crippen LogP contribution in [0.1, 0.15) is 23.3 Å². The average Bonchev–Trinajstić information content (AvgIpc) is 3.85. The van der Waals surface area contributed by atoms with Crippen LogP contribution in [0.2, 0.25) is 0 Å². The van der Waals surface area contributed by atoms with Crippen LogP contribution < -0.4 is 10.6 Å². The number of benzene rings is 7. The lowest BCUT2D eigenvalue weighted by Gasteiger charge is -2.26. The van der Waals surface area contributed by atoms with Crippen molar-refractivity contribution in [2.45, 2.75) is 12.2 Å². The first-order chi connectivity index (χ1) is 25.3. The fourth-order valence-electron chi connectivity index (χ4n) is 8.46. The van der Waals surface area contributed by atoms with Gasteiger partial charge in [0.1, 0.15) is 6.04 Å². The number of hydrogen-bond donors (Lipinski definition) is 2. The van der Waals surface area contributed by atoms with Crippen LogP contribution in [-0.4, -0.2) is 9.13 Å².